The first-order chi connectivity index (χ1) is 13.6. The molecular formula is C22H16N2O4. The minimum Gasteiger partial charge on any atom is -0.505 e. The Hall–Kier alpha value is -4.06. The molecular weight excluding hydrogens is 356 g/mol. The number of aliphatic hydroxyl groups excluding tert-OH is 1. The number of carboxylic acids is 1. The molecule has 0 aliphatic carbocycles. The fraction of sp³-hybridized carbons (Fsp3) is 0. The third-order valence-corrected chi connectivity index (χ3v) is 3.91. The van der Waals surface area contributed by atoms with Crippen LogP contribution in [0.4, 0.5) is 5.69 Å². The number of azo groups is 1. The molecule has 0 amide bonds. The smallest absolute Gasteiger partial charge is 0.337 e. The van der Waals surface area contributed by atoms with Gasteiger partial charge in [-0.25, -0.2) is 4.79 Å². The normalized spacial score (nSPS) is 11.9. The van der Waals surface area contributed by atoms with Crippen LogP contribution >= 0.6 is 0 Å². The van der Waals surface area contributed by atoms with Gasteiger partial charge in [0, 0.05) is 11.1 Å². The molecule has 0 atom stereocenters. The molecule has 0 saturated carbocycles. The number of hydrogen-bond donors (Lipinski definition) is 2. The Labute approximate surface area is 161 Å². The number of aromatic carboxylic acids is 1. The second kappa shape index (κ2) is 8.55. The van der Waals surface area contributed by atoms with Crippen molar-refractivity contribution in [3.8, 4) is 0 Å². The molecule has 28 heavy (non-hydrogen) atoms. The summed E-state index contributed by atoms with van der Waals surface area (Å²) in [5.41, 5.74) is 0.460. The Kier molecular flexibility index (Phi) is 5.72. The van der Waals surface area contributed by atoms with Gasteiger partial charge in [0.2, 0.25) is 5.78 Å². The summed E-state index contributed by atoms with van der Waals surface area (Å²) in [7, 11) is 0. The number of carboxylic acid groups (broad SMARTS) is 1. The van der Waals surface area contributed by atoms with E-state index in [1.807, 2.05) is 0 Å². The first-order valence-corrected chi connectivity index (χ1v) is 8.40. The van der Waals surface area contributed by atoms with Crippen LogP contribution in [0.15, 0.2) is 101 Å². The number of benzene rings is 3. The maximum atomic E-state index is 12.9. The third kappa shape index (κ3) is 4.19. The molecule has 3 aromatic carbocycles. The molecule has 6 heteroatoms. The predicted molar refractivity (Wildman–Crippen MR) is 105 cm³/mol. The van der Waals surface area contributed by atoms with Gasteiger partial charge in [0.05, 0.1) is 5.56 Å². The summed E-state index contributed by atoms with van der Waals surface area (Å²) in [5.74, 6) is -2.04. The Balaban J connectivity index is 2.10. The van der Waals surface area contributed by atoms with Gasteiger partial charge in [-0.15, -0.1) is 10.2 Å². The summed E-state index contributed by atoms with van der Waals surface area (Å²) in [5, 5.41) is 27.8. The summed E-state index contributed by atoms with van der Waals surface area (Å²) >= 11 is 0. The molecule has 0 spiro atoms. The van der Waals surface area contributed by atoms with Gasteiger partial charge >= 0.3 is 5.97 Å². The van der Waals surface area contributed by atoms with Crippen molar-refractivity contribution in [2.75, 3.05) is 0 Å². The van der Waals surface area contributed by atoms with E-state index >= 15 is 0 Å². The maximum Gasteiger partial charge on any atom is 0.337 e. The molecule has 3 rings (SSSR count). The second-order valence-electron chi connectivity index (χ2n) is 5.78. The number of allylic oxidation sites excluding steroid dienone is 1. The van der Waals surface area contributed by atoms with Crippen molar-refractivity contribution in [3.05, 3.63) is 107 Å². The van der Waals surface area contributed by atoms with Gasteiger partial charge in [0.15, 0.2) is 11.5 Å². The first-order valence-electron chi connectivity index (χ1n) is 8.40. The number of carbonyl (C=O) groups is 2. The SMILES string of the molecule is O=C(/C(N=Nc1ccccc1C(=O)O)=C(/O)c1ccccc1)c1ccccc1. The maximum absolute atomic E-state index is 12.9. The highest BCUT2D eigenvalue weighted by atomic mass is 16.4. The van der Waals surface area contributed by atoms with Crippen molar-refractivity contribution in [2.24, 2.45) is 10.2 Å². The van der Waals surface area contributed by atoms with Crippen LogP contribution in [0.5, 0.6) is 0 Å². The molecule has 6 nitrogen and oxygen atoms in total. The predicted octanol–water partition coefficient (Wildman–Crippen LogP) is 5.28. The monoisotopic (exact) mass is 372 g/mol. The van der Waals surface area contributed by atoms with Crippen molar-refractivity contribution in [1.29, 1.82) is 0 Å². The van der Waals surface area contributed by atoms with Crippen molar-refractivity contribution in [3.63, 3.8) is 0 Å². The lowest BCUT2D eigenvalue weighted by atomic mass is 10.1. The molecule has 0 aliphatic heterocycles. The minimum absolute atomic E-state index is 0.0584. The van der Waals surface area contributed by atoms with E-state index in [1.54, 1.807) is 72.8 Å². The number of rotatable bonds is 6. The summed E-state index contributed by atoms with van der Waals surface area (Å²) in [4.78, 5) is 24.3. The van der Waals surface area contributed by atoms with E-state index in [4.69, 9.17) is 0 Å². The van der Waals surface area contributed by atoms with Gasteiger partial charge < -0.3 is 10.2 Å². The van der Waals surface area contributed by atoms with Crippen molar-refractivity contribution < 1.29 is 19.8 Å². The average Bonchev–Trinajstić information content (AvgIpc) is 2.75. The van der Waals surface area contributed by atoms with Crippen molar-refractivity contribution in [1.82, 2.24) is 0 Å². The van der Waals surface area contributed by atoms with Crippen LogP contribution < -0.4 is 0 Å². The molecule has 0 aliphatic rings. The van der Waals surface area contributed by atoms with Crippen LogP contribution in [-0.4, -0.2) is 22.0 Å². The van der Waals surface area contributed by atoms with Crippen LogP contribution in [0.2, 0.25) is 0 Å². The molecule has 2 N–H and O–H groups in total. The molecule has 0 saturated heterocycles. The fourth-order valence-electron chi connectivity index (χ4n) is 2.50. The van der Waals surface area contributed by atoms with Crippen molar-refractivity contribution >= 4 is 23.2 Å². The molecule has 3 aromatic rings. The average molecular weight is 372 g/mol. The number of hydrogen-bond acceptors (Lipinski definition) is 5. The van der Waals surface area contributed by atoms with E-state index in [1.165, 1.54) is 12.1 Å². The van der Waals surface area contributed by atoms with Gasteiger partial charge in [0.25, 0.3) is 0 Å². The second-order valence-corrected chi connectivity index (χ2v) is 5.78. The third-order valence-electron chi connectivity index (χ3n) is 3.91. The molecule has 0 radical (unpaired) electrons. The van der Waals surface area contributed by atoms with Gasteiger partial charge in [-0.2, -0.15) is 0 Å². The van der Waals surface area contributed by atoms with E-state index < -0.39 is 11.8 Å². The van der Waals surface area contributed by atoms with Crippen LogP contribution in [0, 0.1) is 0 Å². The molecule has 0 fully saturated rings. The number of carbonyl (C=O) groups excluding carboxylic acids is 1. The molecule has 0 unspecified atom stereocenters. The first kappa shape index (κ1) is 18.7. The van der Waals surface area contributed by atoms with Crippen LogP contribution in [0.3, 0.4) is 0 Å². The van der Waals surface area contributed by atoms with Crippen LogP contribution in [-0.2, 0) is 0 Å². The van der Waals surface area contributed by atoms with E-state index in [-0.39, 0.29) is 22.7 Å². The Morgan fingerprint density at radius 3 is 1.82 bits per heavy atom. The molecule has 138 valence electrons. The lowest BCUT2D eigenvalue weighted by Crippen LogP contribution is -2.04. The Morgan fingerprint density at radius 1 is 0.679 bits per heavy atom. The highest BCUT2D eigenvalue weighted by molar-refractivity contribution is 6.12. The Morgan fingerprint density at radius 2 is 1.21 bits per heavy atom. The van der Waals surface area contributed by atoms with Crippen LogP contribution in [0.1, 0.15) is 26.3 Å². The summed E-state index contributed by atoms with van der Waals surface area (Å²) in [6.07, 6.45) is 0. The number of Topliss-reactive ketones (excluding diaryl/α,β-unsaturated/α-hetero) is 1. The highest BCUT2D eigenvalue weighted by Crippen LogP contribution is 2.25. The highest BCUT2D eigenvalue weighted by Gasteiger charge is 2.19. The zero-order valence-electron chi connectivity index (χ0n) is 14.7. The van der Waals surface area contributed by atoms with Gasteiger partial charge in [0.1, 0.15) is 5.69 Å². The van der Waals surface area contributed by atoms with E-state index in [2.05, 4.69) is 10.2 Å². The molecule has 0 heterocycles. The zero-order valence-corrected chi connectivity index (χ0v) is 14.7. The number of nitrogens with zero attached hydrogens (tertiary/aromatic N) is 2. The Bertz CT molecular complexity index is 1060. The zero-order chi connectivity index (χ0) is 19.9. The summed E-state index contributed by atoms with van der Waals surface area (Å²) in [6, 6.07) is 22.9. The quantitative estimate of drug-likeness (QED) is 0.266. The van der Waals surface area contributed by atoms with Gasteiger partial charge in [-0.1, -0.05) is 72.8 Å². The van der Waals surface area contributed by atoms with Gasteiger partial charge in [-0.3, -0.25) is 4.79 Å². The molecule has 0 bridgehead atoms. The van der Waals surface area contributed by atoms with E-state index in [0.29, 0.717) is 11.1 Å². The fourth-order valence-corrected chi connectivity index (χ4v) is 2.50. The minimum atomic E-state index is -1.17. The summed E-state index contributed by atoms with van der Waals surface area (Å²) in [6.45, 7) is 0. The topological polar surface area (TPSA) is 99.3 Å². The van der Waals surface area contributed by atoms with E-state index in [0.717, 1.165) is 0 Å². The largest absolute Gasteiger partial charge is 0.505 e. The summed E-state index contributed by atoms with van der Waals surface area (Å²) < 4.78 is 0. The lowest BCUT2D eigenvalue weighted by Gasteiger charge is -2.06. The number of ketones is 1. The standard InChI is InChI=1S/C22H16N2O4/c25-20(15-9-3-1-4-10-15)19(21(26)16-11-5-2-6-12-16)24-23-18-14-8-7-13-17(18)22(27)28/h1-14,25H,(H,27,28)/b20-19-,24-23?. The van der Waals surface area contributed by atoms with E-state index in [9.17, 15) is 19.8 Å². The van der Waals surface area contributed by atoms with Crippen molar-refractivity contribution in [2.45, 2.75) is 0 Å². The van der Waals surface area contributed by atoms with Crippen LogP contribution in [0.25, 0.3) is 5.76 Å². The molecule has 0 aromatic heterocycles. The number of aliphatic hydroxyl groups is 1. The van der Waals surface area contributed by atoms with Gasteiger partial charge in [-0.05, 0) is 12.1 Å². The lowest BCUT2D eigenvalue weighted by molar-refractivity contribution is 0.0697.